The highest BCUT2D eigenvalue weighted by atomic mass is 35.5. The zero-order valence-corrected chi connectivity index (χ0v) is 15.3. The number of nitrogens with one attached hydrogen (secondary N) is 2. The van der Waals surface area contributed by atoms with Crippen LogP contribution in [0.2, 0.25) is 5.02 Å². The molecule has 0 bridgehead atoms. The van der Waals surface area contributed by atoms with Crippen LogP contribution in [0.4, 0.5) is 5.69 Å². The largest absolute Gasteiger partial charge is 0.502 e. The molecular weight excluding hydrogens is 386 g/mol. The van der Waals surface area contributed by atoms with Crippen molar-refractivity contribution in [2.75, 3.05) is 12.4 Å². The van der Waals surface area contributed by atoms with Crippen LogP contribution >= 0.6 is 11.6 Å². The van der Waals surface area contributed by atoms with Gasteiger partial charge in [0.05, 0.1) is 18.1 Å². The summed E-state index contributed by atoms with van der Waals surface area (Å²) in [5.74, 6) is -3.11. The highest BCUT2D eigenvalue weighted by Gasteiger charge is 2.27. The predicted octanol–water partition coefficient (Wildman–Crippen LogP) is 2.66. The number of hydrogen-bond donors (Lipinski definition) is 3. The van der Waals surface area contributed by atoms with Gasteiger partial charge in [-0.25, -0.2) is 9.78 Å². The Morgan fingerprint density at radius 1 is 1.14 bits per heavy atom. The van der Waals surface area contributed by atoms with E-state index in [1.807, 2.05) is 0 Å². The van der Waals surface area contributed by atoms with Crippen LogP contribution in [0.1, 0.15) is 5.69 Å². The van der Waals surface area contributed by atoms with Crippen LogP contribution in [0.25, 0.3) is 16.6 Å². The maximum absolute atomic E-state index is 12.4. The number of nitrogens with zero attached hydrogens (tertiary/aromatic N) is 1. The Morgan fingerprint density at radius 3 is 2.50 bits per heavy atom. The fourth-order valence-electron chi connectivity index (χ4n) is 2.44. The third-order valence-corrected chi connectivity index (χ3v) is 4.03. The molecule has 0 atom stereocenters. The Labute approximate surface area is 163 Å². The molecule has 2 aromatic carbocycles. The van der Waals surface area contributed by atoms with Gasteiger partial charge >= 0.3 is 5.97 Å². The second kappa shape index (κ2) is 7.93. The van der Waals surface area contributed by atoms with Crippen molar-refractivity contribution in [2.45, 2.75) is 0 Å². The summed E-state index contributed by atoms with van der Waals surface area (Å²) in [5, 5.41) is 13.3. The summed E-state index contributed by atoms with van der Waals surface area (Å²) in [5.41, 5.74) is -0.722. The summed E-state index contributed by atoms with van der Waals surface area (Å²) in [4.78, 5) is 43.7. The second-order valence-corrected chi connectivity index (χ2v) is 6.04. The third-order valence-electron chi connectivity index (χ3n) is 3.78. The molecule has 0 aliphatic carbocycles. The Bertz CT molecular complexity index is 1150. The molecule has 0 radical (unpaired) electrons. The van der Waals surface area contributed by atoms with Gasteiger partial charge in [-0.2, -0.15) is 0 Å². The molecule has 0 saturated heterocycles. The highest BCUT2D eigenvalue weighted by Crippen LogP contribution is 2.19. The fourth-order valence-corrected chi connectivity index (χ4v) is 2.57. The van der Waals surface area contributed by atoms with E-state index in [-0.39, 0.29) is 0 Å². The molecule has 3 N–H and O–H groups in total. The van der Waals surface area contributed by atoms with Crippen molar-refractivity contribution in [2.24, 2.45) is 0 Å². The van der Waals surface area contributed by atoms with Gasteiger partial charge in [0.2, 0.25) is 0 Å². The molecule has 0 fully saturated rings. The first kappa shape index (κ1) is 19.1. The summed E-state index contributed by atoms with van der Waals surface area (Å²) < 4.78 is 4.62. The van der Waals surface area contributed by atoms with Crippen molar-refractivity contribution in [3.8, 4) is 0 Å². The molecule has 0 aliphatic heterocycles. The minimum Gasteiger partial charge on any atom is -0.502 e. The minimum atomic E-state index is -1.09. The van der Waals surface area contributed by atoms with Gasteiger partial charge in [0.1, 0.15) is 11.3 Å². The average Bonchev–Trinajstić information content (AvgIpc) is 2.69. The molecule has 0 unspecified atom stereocenters. The number of hydrogen-bond acceptors (Lipinski definition) is 6. The van der Waals surface area contributed by atoms with E-state index >= 15 is 0 Å². The highest BCUT2D eigenvalue weighted by molar-refractivity contribution is 6.30. The van der Waals surface area contributed by atoms with Crippen molar-refractivity contribution in [1.82, 2.24) is 9.97 Å². The van der Waals surface area contributed by atoms with E-state index < -0.39 is 34.5 Å². The maximum Gasteiger partial charge on any atom is 0.344 e. The Hall–Kier alpha value is -3.65. The maximum atomic E-state index is 12.4. The summed E-state index contributed by atoms with van der Waals surface area (Å²) >= 11 is 5.79. The van der Waals surface area contributed by atoms with Crippen LogP contribution in [0.5, 0.6) is 0 Å². The number of aliphatic hydroxyl groups excluding tert-OH is 1. The molecule has 0 saturated carbocycles. The molecular formula is C19H14ClN3O5. The lowest BCUT2D eigenvalue weighted by Gasteiger charge is -2.10. The summed E-state index contributed by atoms with van der Waals surface area (Å²) in [6.07, 6.45) is 0. The molecule has 1 heterocycles. The van der Waals surface area contributed by atoms with Gasteiger partial charge < -0.3 is 20.1 Å². The molecule has 142 valence electrons. The van der Waals surface area contributed by atoms with E-state index in [4.69, 9.17) is 11.6 Å². The first-order valence-corrected chi connectivity index (χ1v) is 8.36. The van der Waals surface area contributed by atoms with Crippen molar-refractivity contribution >= 4 is 45.8 Å². The first-order chi connectivity index (χ1) is 13.4. The van der Waals surface area contributed by atoms with Crippen LogP contribution in [0.3, 0.4) is 0 Å². The van der Waals surface area contributed by atoms with Crippen molar-refractivity contribution in [3.05, 3.63) is 75.4 Å². The van der Waals surface area contributed by atoms with Gasteiger partial charge in [-0.1, -0.05) is 23.7 Å². The van der Waals surface area contributed by atoms with Gasteiger partial charge in [-0.3, -0.25) is 9.59 Å². The molecule has 3 rings (SSSR count). The summed E-state index contributed by atoms with van der Waals surface area (Å²) in [6, 6.07) is 12.7. The molecule has 3 aromatic rings. The standard InChI is InChI=1S/C19H14ClN3O5/c1-28-19(27)14(15-17(25)23-13-5-3-2-4-12(13)22-15)16(24)18(26)21-11-8-6-10(20)7-9-11/h2-9,24H,1H3,(H,21,26)(H,23,25)/b16-14+. The fraction of sp³-hybridized carbons (Fsp3) is 0.0526. The molecule has 0 spiro atoms. The first-order valence-electron chi connectivity index (χ1n) is 7.98. The normalized spacial score (nSPS) is 11.6. The molecule has 1 aromatic heterocycles. The van der Waals surface area contributed by atoms with E-state index in [0.29, 0.717) is 21.7 Å². The number of anilines is 1. The van der Waals surface area contributed by atoms with Crippen LogP contribution in [0.15, 0.2) is 59.1 Å². The van der Waals surface area contributed by atoms with Gasteiger partial charge in [-0.15, -0.1) is 0 Å². The predicted molar refractivity (Wildman–Crippen MR) is 104 cm³/mol. The number of halogens is 1. The van der Waals surface area contributed by atoms with Crippen molar-refractivity contribution < 1.29 is 19.4 Å². The summed E-state index contributed by atoms with van der Waals surface area (Å²) in [6.45, 7) is 0. The Balaban J connectivity index is 2.09. The number of carbonyl (C=O) groups is 2. The Kier molecular flexibility index (Phi) is 5.42. The quantitative estimate of drug-likeness (QED) is 0.352. The number of ether oxygens (including phenoxy) is 1. The lowest BCUT2D eigenvalue weighted by molar-refractivity contribution is -0.134. The number of benzene rings is 2. The molecule has 9 heteroatoms. The number of aliphatic hydroxyl groups is 1. The second-order valence-electron chi connectivity index (χ2n) is 5.61. The van der Waals surface area contributed by atoms with Crippen LogP contribution < -0.4 is 10.9 Å². The minimum absolute atomic E-state index is 0.325. The molecule has 8 nitrogen and oxygen atoms in total. The molecule has 0 aliphatic rings. The van der Waals surface area contributed by atoms with E-state index in [1.54, 1.807) is 24.3 Å². The van der Waals surface area contributed by atoms with Crippen LogP contribution in [-0.4, -0.2) is 34.1 Å². The number of esters is 1. The number of carbonyl (C=O) groups excluding carboxylic acids is 2. The van der Waals surface area contributed by atoms with E-state index in [0.717, 1.165) is 7.11 Å². The molecule has 28 heavy (non-hydrogen) atoms. The number of aromatic nitrogens is 2. The number of aromatic amines is 1. The van der Waals surface area contributed by atoms with Crippen LogP contribution in [0, 0.1) is 0 Å². The Morgan fingerprint density at radius 2 is 1.82 bits per heavy atom. The van der Waals surface area contributed by atoms with E-state index in [9.17, 15) is 19.5 Å². The van der Waals surface area contributed by atoms with Gasteiger partial charge in [0.25, 0.3) is 11.5 Å². The number of methoxy groups -OCH3 is 1. The van der Waals surface area contributed by atoms with E-state index in [2.05, 4.69) is 20.0 Å². The number of H-pyrrole nitrogens is 1. The SMILES string of the molecule is COC(=O)/C(=C(/O)C(=O)Nc1ccc(Cl)cc1)c1nc2ccccc2[nH]c1=O. The number of rotatable bonds is 4. The van der Waals surface area contributed by atoms with Crippen molar-refractivity contribution in [3.63, 3.8) is 0 Å². The lowest BCUT2D eigenvalue weighted by atomic mass is 10.1. The zero-order valence-electron chi connectivity index (χ0n) is 14.5. The third kappa shape index (κ3) is 3.86. The lowest BCUT2D eigenvalue weighted by Crippen LogP contribution is -2.24. The van der Waals surface area contributed by atoms with Gasteiger partial charge in [0, 0.05) is 10.7 Å². The summed E-state index contributed by atoms with van der Waals surface area (Å²) in [7, 11) is 1.06. The number of para-hydroxylation sites is 2. The van der Waals surface area contributed by atoms with Gasteiger partial charge in [-0.05, 0) is 36.4 Å². The topological polar surface area (TPSA) is 121 Å². The monoisotopic (exact) mass is 399 g/mol. The van der Waals surface area contributed by atoms with Gasteiger partial charge in [0.15, 0.2) is 5.76 Å². The van der Waals surface area contributed by atoms with E-state index in [1.165, 1.54) is 24.3 Å². The molecule has 1 amide bonds. The number of fused-ring (bicyclic) bond motifs is 1. The van der Waals surface area contributed by atoms with Crippen molar-refractivity contribution in [1.29, 1.82) is 0 Å². The average molecular weight is 400 g/mol. The van der Waals surface area contributed by atoms with Crippen LogP contribution in [-0.2, 0) is 14.3 Å². The zero-order chi connectivity index (χ0) is 20.3. The smallest absolute Gasteiger partial charge is 0.344 e. The number of amides is 1.